The van der Waals surface area contributed by atoms with Gasteiger partial charge in [-0.3, -0.25) is 4.79 Å². The first-order valence-electron chi connectivity index (χ1n) is 7.56. The van der Waals surface area contributed by atoms with E-state index in [0.717, 1.165) is 12.8 Å². The summed E-state index contributed by atoms with van der Waals surface area (Å²) in [6.07, 6.45) is 4.60. The average molecular weight is 300 g/mol. The molecule has 0 heterocycles. The minimum atomic E-state index is -0.617. The Morgan fingerprint density at radius 3 is 2.50 bits per heavy atom. The number of carbonyl (C=O) groups excluding carboxylic acids is 1. The van der Waals surface area contributed by atoms with Gasteiger partial charge < -0.3 is 11.1 Å². The molecule has 0 atom stereocenters. The molecule has 0 aromatic heterocycles. The Hall–Kier alpha value is -2.36. The monoisotopic (exact) mass is 300 g/mol. The number of aryl methyl sites for hydroxylation is 1. The molecule has 0 fully saturated rings. The van der Waals surface area contributed by atoms with Crippen molar-refractivity contribution in [1.29, 1.82) is 0 Å². The number of benzene rings is 2. The first kappa shape index (κ1) is 16.0. The molecule has 1 amide bonds. The van der Waals surface area contributed by atoms with Gasteiger partial charge in [0, 0.05) is 11.4 Å². The molecule has 0 aliphatic rings. The van der Waals surface area contributed by atoms with Crippen molar-refractivity contribution < 1.29 is 9.18 Å². The molecule has 0 spiro atoms. The number of carbonyl (C=O) groups is 1. The number of nitrogen functional groups attached to an aromatic ring is 1. The number of amides is 1. The summed E-state index contributed by atoms with van der Waals surface area (Å²) in [6, 6.07) is 11.8. The molecule has 0 radical (unpaired) electrons. The van der Waals surface area contributed by atoms with Crippen LogP contribution in [0.4, 0.5) is 15.8 Å². The van der Waals surface area contributed by atoms with Crippen LogP contribution in [0, 0.1) is 5.82 Å². The molecule has 0 aliphatic heterocycles. The number of hydrogen-bond donors (Lipinski definition) is 2. The fraction of sp³-hybridized carbons (Fsp3) is 0.278. The van der Waals surface area contributed by atoms with Gasteiger partial charge in [-0.05, 0) is 42.7 Å². The number of unbranched alkanes of at least 4 members (excludes halogenated alkanes) is 2. The van der Waals surface area contributed by atoms with Gasteiger partial charge in [-0.15, -0.1) is 0 Å². The molecule has 4 heteroatoms. The third-order valence-corrected chi connectivity index (χ3v) is 3.55. The maximum atomic E-state index is 13.7. The smallest absolute Gasteiger partial charge is 0.260 e. The zero-order valence-electron chi connectivity index (χ0n) is 12.7. The fourth-order valence-corrected chi connectivity index (χ4v) is 2.31. The van der Waals surface area contributed by atoms with Gasteiger partial charge in [0.1, 0.15) is 5.82 Å². The van der Waals surface area contributed by atoms with Gasteiger partial charge in [0.2, 0.25) is 0 Å². The van der Waals surface area contributed by atoms with E-state index in [4.69, 9.17) is 5.73 Å². The van der Waals surface area contributed by atoms with Crippen molar-refractivity contribution in [1.82, 2.24) is 0 Å². The van der Waals surface area contributed by atoms with E-state index in [1.807, 2.05) is 24.3 Å². The Morgan fingerprint density at radius 1 is 1.14 bits per heavy atom. The molecule has 2 aromatic rings. The highest BCUT2D eigenvalue weighted by Crippen LogP contribution is 2.18. The average Bonchev–Trinajstić information content (AvgIpc) is 2.49. The van der Waals surface area contributed by atoms with E-state index in [9.17, 15) is 9.18 Å². The Kier molecular flexibility index (Phi) is 5.53. The van der Waals surface area contributed by atoms with Crippen LogP contribution in [0.25, 0.3) is 0 Å². The highest BCUT2D eigenvalue weighted by atomic mass is 19.1. The number of rotatable bonds is 6. The molecular weight excluding hydrogens is 279 g/mol. The predicted molar refractivity (Wildman–Crippen MR) is 88.4 cm³/mol. The topological polar surface area (TPSA) is 55.1 Å². The lowest BCUT2D eigenvalue weighted by atomic mass is 10.1. The Bertz CT molecular complexity index is 618. The molecule has 0 saturated carbocycles. The number of nitrogens with two attached hydrogens (primary N) is 1. The summed E-state index contributed by atoms with van der Waals surface area (Å²) < 4.78 is 13.7. The first-order chi connectivity index (χ1) is 10.6. The molecule has 3 nitrogen and oxygen atoms in total. The van der Waals surface area contributed by atoms with E-state index in [-0.39, 0.29) is 11.3 Å². The molecule has 2 rings (SSSR count). The molecular formula is C18H21FN2O. The quantitative estimate of drug-likeness (QED) is 0.614. The standard InChI is InChI=1S/C18H21FN2O/c1-2-3-4-6-13-9-11-14(12-10-13)21-18(22)17-15(19)7-5-8-16(17)20/h5,7-12H,2-4,6,20H2,1H3,(H,21,22). The van der Waals surface area contributed by atoms with Crippen LogP contribution in [0.15, 0.2) is 42.5 Å². The van der Waals surface area contributed by atoms with Gasteiger partial charge in [-0.1, -0.05) is 38.0 Å². The van der Waals surface area contributed by atoms with Crippen LogP contribution < -0.4 is 11.1 Å². The third-order valence-electron chi connectivity index (χ3n) is 3.55. The Labute approximate surface area is 130 Å². The van der Waals surface area contributed by atoms with Gasteiger partial charge >= 0.3 is 0 Å². The van der Waals surface area contributed by atoms with E-state index < -0.39 is 11.7 Å². The second kappa shape index (κ2) is 7.59. The van der Waals surface area contributed by atoms with Gasteiger partial charge in [0.05, 0.1) is 5.56 Å². The summed E-state index contributed by atoms with van der Waals surface area (Å²) in [7, 11) is 0. The SMILES string of the molecule is CCCCCc1ccc(NC(=O)c2c(N)cccc2F)cc1. The van der Waals surface area contributed by atoms with E-state index in [1.165, 1.54) is 36.6 Å². The van der Waals surface area contributed by atoms with Crippen LogP contribution >= 0.6 is 0 Å². The lowest BCUT2D eigenvalue weighted by molar-refractivity contribution is 0.102. The van der Waals surface area contributed by atoms with Crippen LogP contribution in [0.5, 0.6) is 0 Å². The van der Waals surface area contributed by atoms with Gasteiger partial charge in [-0.25, -0.2) is 4.39 Å². The number of anilines is 2. The highest BCUT2D eigenvalue weighted by molar-refractivity contribution is 6.07. The Balaban J connectivity index is 2.03. The Morgan fingerprint density at radius 2 is 1.86 bits per heavy atom. The first-order valence-corrected chi connectivity index (χ1v) is 7.56. The van der Waals surface area contributed by atoms with Gasteiger partial charge in [-0.2, -0.15) is 0 Å². The number of hydrogen-bond acceptors (Lipinski definition) is 2. The van der Waals surface area contributed by atoms with Crippen molar-refractivity contribution in [2.75, 3.05) is 11.1 Å². The summed E-state index contributed by atoms with van der Waals surface area (Å²) >= 11 is 0. The van der Waals surface area contributed by atoms with Crippen LogP contribution in [-0.2, 0) is 6.42 Å². The van der Waals surface area contributed by atoms with Crippen LogP contribution in [0.2, 0.25) is 0 Å². The lowest BCUT2D eigenvalue weighted by Crippen LogP contribution is -2.16. The molecule has 3 N–H and O–H groups in total. The molecule has 0 saturated heterocycles. The molecule has 0 bridgehead atoms. The molecule has 2 aromatic carbocycles. The maximum Gasteiger partial charge on any atom is 0.260 e. The summed E-state index contributed by atoms with van der Waals surface area (Å²) in [5.74, 6) is -1.15. The molecule has 0 unspecified atom stereocenters. The van der Waals surface area contributed by atoms with Crippen molar-refractivity contribution in [2.45, 2.75) is 32.6 Å². The maximum absolute atomic E-state index is 13.7. The van der Waals surface area contributed by atoms with Crippen LogP contribution in [-0.4, -0.2) is 5.91 Å². The van der Waals surface area contributed by atoms with Crippen molar-refractivity contribution in [3.63, 3.8) is 0 Å². The predicted octanol–water partition coefficient (Wildman–Crippen LogP) is 4.39. The second-order valence-corrected chi connectivity index (χ2v) is 5.31. The fourth-order valence-electron chi connectivity index (χ4n) is 2.31. The van der Waals surface area contributed by atoms with Crippen molar-refractivity contribution in [3.05, 3.63) is 59.4 Å². The van der Waals surface area contributed by atoms with E-state index in [2.05, 4.69) is 12.2 Å². The normalized spacial score (nSPS) is 10.5. The van der Waals surface area contributed by atoms with Crippen LogP contribution in [0.3, 0.4) is 0 Å². The zero-order valence-corrected chi connectivity index (χ0v) is 12.7. The van der Waals surface area contributed by atoms with Gasteiger partial charge in [0.25, 0.3) is 5.91 Å². The van der Waals surface area contributed by atoms with E-state index in [0.29, 0.717) is 5.69 Å². The van der Waals surface area contributed by atoms with Crippen molar-refractivity contribution >= 4 is 17.3 Å². The van der Waals surface area contributed by atoms with Crippen LogP contribution in [0.1, 0.15) is 42.1 Å². The largest absolute Gasteiger partial charge is 0.398 e. The summed E-state index contributed by atoms with van der Waals surface area (Å²) in [6.45, 7) is 2.17. The van der Waals surface area contributed by atoms with E-state index >= 15 is 0 Å². The van der Waals surface area contributed by atoms with Crippen molar-refractivity contribution in [3.8, 4) is 0 Å². The molecule has 116 valence electrons. The second-order valence-electron chi connectivity index (χ2n) is 5.31. The summed E-state index contributed by atoms with van der Waals surface area (Å²) in [5, 5.41) is 2.68. The van der Waals surface area contributed by atoms with Crippen molar-refractivity contribution in [2.24, 2.45) is 0 Å². The highest BCUT2D eigenvalue weighted by Gasteiger charge is 2.15. The van der Waals surface area contributed by atoms with E-state index in [1.54, 1.807) is 0 Å². The summed E-state index contributed by atoms with van der Waals surface area (Å²) in [5.41, 5.74) is 7.55. The number of nitrogens with one attached hydrogen (secondary N) is 1. The molecule has 0 aliphatic carbocycles. The number of halogens is 1. The minimum Gasteiger partial charge on any atom is -0.398 e. The minimum absolute atomic E-state index is 0.116. The lowest BCUT2D eigenvalue weighted by Gasteiger charge is -2.09. The molecule has 22 heavy (non-hydrogen) atoms. The zero-order chi connectivity index (χ0) is 15.9. The third kappa shape index (κ3) is 4.07. The summed E-state index contributed by atoms with van der Waals surface area (Å²) in [4.78, 5) is 12.1. The van der Waals surface area contributed by atoms with Gasteiger partial charge in [0.15, 0.2) is 0 Å².